The van der Waals surface area contributed by atoms with Gasteiger partial charge in [0.2, 0.25) is 16.0 Å². The number of hydrogen-bond donors (Lipinski definition) is 1. The van der Waals surface area contributed by atoms with Gasteiger partial charge in [-0.05, 0) is 25.2 Å². The number of rotatable bonds is 6. The Bertz CT molecular complexity index is 913. The second-order valence-electron chi connectivity index (χ2n) is 6.85. The summed E-state index contributed by atoms with van der Waals surface area (Å²) in [5.41, 5.74) is 0.779. The van der Waals surface area contributed by atoms with Crippen molar-refractivity contribution in [3.63, 3.8) is 0 Å². The van der Waals surface area contributed by atoms with E-state index in [4.69, 9.17) is 11.6 Å². The van der Waals surface area contributed by atoms with E-state index in [0.717, 1.165) is 37.1 Å². The number of piperazine rings is 1. The molecule has 0 radical (unpaired) electrons. The topological polar surface area (TPSA) is 81.7 Å². The van der Waals surface area contributed by atoms with Gasteiger partial charge in [0.1, 0.15) is 5.82 Å². The van der Waals surface area contributed by atoms with Crippen molar-refractivity contribution in [1.82, 2.24) is 19.2 Å². The molecule has 0 saturated carbocycles. The number of halogens is 1. The fourth-order valence-electron chi connectivity index (χ4n) is 2.85. The molecule has 1 aliphatic rings. The molecular formula is C17H25ClN6O2S. The lowest BCUT2D eigenvalue weighted by Gasteiger charge is -2.32. The molecule has 1 aromatic carbocycles. The molecule has 8 nitrogen and oxygen atoms in total. The Morgan fingerprint density at radius 3 is 2.56 bits per heavy atom. The van der Waals surface area contributed by atoms with E-state index >= 15 is 0 Å². The van der Waals surface area contributed by atoms with E-state index in [1.165, 1.54) is 18.4 Å². The summed E-state index contributed by atoms with van der Waals surface area (Å²) in [4.78, 5) is 13.8. The van der Waals surface area contributed by atoms with E-state index in [0.29, 0.717) is 16.8 Å². The van der Waals surface area contributed by atoms with Crippen molar-refractivity contribution in [3.05, 3.63) is 23.2 Å². The predicted molar refractivity (Wildman–Crippen MR) is 110 cm³/mol. The number of nitrogens with zero attached hydrogens (tertiary/aromatic N) is 5. The first-order chi connectivity index (χ1) is 12.8. The number of aromatic nitrogens is 2. The number of likely N-dealkylation sites (N-methyl/N-ethyl adjacent to an activating group) is 1. The number of anilines is 2. The van der Waals surface area contributed by atoms with Crippen molar-refractivity contribution in [3.8, 4) is 0 Å². The van der Waals surface area contributed by atoms with Gasteiger partial charge in [-0.3, -0.25) is 0 Å². The van der Waals surface area contributed by atoms with Crippen LogP contribution in [0.5, 0.6) is 0 Å². The Labute approximate surface area is 165 Å². The van der Waals surface area contributed by atoms with Gasteiger partial charge in [-0.2, -0.15) is 4.98 Å². The van der Waals surface area contributed by atoms with E-state index in [-0.39, 0.29) is 12.3 Å². The molecule has 1 fully saturated rings. The van der Waals surface area contributed by atoms with Crippen LogP contribution in [0.15, 0.2) is 18.2 Å². The summed E-state index contributed by atoms with van der Waals surface area (Å²) >= 11 is 6.14. The van der Waals surface area contributed by atoms with E-state index in [9.17, 15) is 8.42 Å². The van der Waals surface area contributed by atoms with Crippen molar-refractivity contribution in [1.29, 1.82) is 0 Å². The normalized spacial score (nSPS) is 16.3. The van der Waals surface area contributed by atoms with Crippen LogP contribution in [0.3, 0.4) is 0 Å². The molecule has 27 heavy (non-hydrogen) atoms. The van der Waals surface area contributed by atoms with E-state index < -0.39 is 10.0 Å². The molecule has 10 heteroatoms. The third kappa shape index (κ3) is 4.78. The number of benzene rings is 1. The number of nitrogens with one attached hydrogen (secondary N) is 1. The van der Waals surface area contributed by atoms with E-state index in [1.54, 1.807) is 12.1 Å². The van der Waals surface area contributed by atoms with Gasteiger partial charge in [0.25, 0.3) is 0 Å². The molecule has 0 unspecified atom stereocenters. The molecule has 0 spiro atoms. The van der Waals surface area contributed by atoms with Gasteiger partial charge in [-0.1, -0.05) is 11.6 Å². The van der Waals surface area contributed by atoms with Crippen LogP contribution in [0, 0.1) is 0 Å². The smallest absolute Gasteiger partial charge is 0.227 e. The second-order valence-corrected chi connectivity index (χ2v) is 9.59. The van der Waals surface area contributed by atoms with Crippen LogP contribution in [-0.2, 0) is 10.0 Å². The largest absolute Gasteiger partial charge is 0.368 e. The second kappa shape index (κ2) is 8.14. The van der Waals surface area contributed by atoms with Gasteiger partial charge in [-0.25, -0.2) is 17.7 Å². The van der Waals surface area contributed by atoms with E-state index in [2.05, 4.69) is 32.1 Å². The lowest BCUT2D eigenvalue weighted by Crippen LogP contribution is -2.45. The molecule has 1 saturated heterocycles. The summed E-state index contributed by atoms with van der Waals surface area (Å²) < 4.78 is 25.2. The lowest BCUT2D eigenvalue weighted by molar-refractivity contribution is 0.311. The molecule has 0 bridgehead atoms. The quantitative estimate of drug-likeness (QED) is 0.766. The zero-order valence-electron chi connectivity index (χ0n) is 15.8. The molecular weight excluding hydrogens is 388 g/mol. The average molecular weight is 413 g/mol. The van der Waals surface area contributed by atoms with Crippen LogP contribution >= 0.6 is 11.6 Å². The minimum absolute atomic E-state index is 0.0180. The Balaban J connectivity index is 1.88. The summed E-state index contributed by atoms with van der Waals surface area (Å²) in [5, 5.41) is 4.53. The summed E-state index contributed by atoms with van der Waals surface area (Å²) in [6, 6.07) is 5.46. The van der Waals surface area contributed by atoms with Crippen molar-refractivity contribution >= 4 is 44.3 Å². The van der Waals surface area contributed by atoms with Gasteiger partial charge >= 0.3 is 0 Å². The molecule has 1 N–H and O–H groups in total. The third-order valence-corrected chi connectivity index (χ3v) is 6.71. The van der Waals surface area contributed by atoms with Crippen LogP contribution in [0.4, 0.5) is 11.8 Å². The highest BCUT2D eigenvalue weighted by Crippen LogP contribution is 2.27. The summed E-state index contributed by atoms with van der Waals surface area (Å²) in [6.45, 7) is 3.85. The van der Waals surface area contributed by atoms with Crippen molar-refractivity contribution in [2.45, 2.75) is 0 Å². The van der Waals surface area contributed by atoms with Gasteiger partial charge < -0.3 is 15.1 Å². The van der Waals surface area contributed by atoms with Crippen LogP contribution in [0.2, 0.25) is 5.02 Å². The highest BCUT2D eigenvalue weighted by molar-refractivity contribution is 7.89. The summed E-state index contributed by atoms with van der Waals surface area (Å²) in [7, 11) is 1.87. The maximum atomic E-state index is 12.0. The minimum atomic E-state index is -3.28. The van der Waals surface area contributed by atoms with Crippen LogP contribution in [0.1, 0.15) is 0 Å². The minimum Gasteiger partial charge on any atom is -0.368 e. The maximum Gasteiger partial charge on any atom is 0.227 e. The van der Waals surface area contributed by atoms with Crippen molar-refractivity contribution in [2.75, 3.05) is 69.8 Å². The lowest BCUT2D eigenvalue weighted by atomic mass is 10.2. The SMILES string of the molecule is CN1CCN(c2nc(NCCS(=O)(=O)N(C)C)c3cc(Cl)ccc3n2)CC1. The standard InChI is InChI=1S/C17H25ClN6O2S/c1-22(2)27(25,26)11-6-19-16-14-12-13(18)4-5-15(14)20-17(21-16)24-9-7-23(3)8-10-24/h4-5,12H,6-11H2,1-3H3,(H,19,20,21). The first-order valence-electron chi connectivity index (χ1n) is 8.81. The summed E-state index contributed by atoms with van der Waals surface area (Å²) in [5.74, 6) is 1.23. The van der Waals surface area contributed by atoms with Gasteiger partial charge in [0, 0.05) is 57.2 Å². The molecule has 1 aliphatic heterocycles. The highest BCUT2D eigenvalue weighted by atomic mass is 35.5. The van der Waals surface area contributed by atoms with Gasteiger partial charge in [-0.15, -0.1) is 0 Å². The molecule has 0 amide bonds. The Morgan fingerprint density at radius 2 is 1.89 bits per heavy atom. The average Bonchev–Trinajstić information content (AvgIpc) is 2.62. The number of fused-ring (bicyclic) bond motifs is 1. The molecule has 3 rings (SSSR count). The molecule has 2 aromatic rings. The van der Waals surface area contributed by atoms with Gasteiger partial charge in [0.15, 0.2) is 0 Å². The third-order valence-electron chi connectivity index (χ3n) is 4.64. The first-order valence-corrected chi connectivity index (χ1v) is 10.8. The first kappa shape index (κ1) is 20.1. The highest BCUT2D eigenvalue weighted by Gasteiger charge is 2.19. The molecule has 0 atom stereocenters. The van der Waals surface area contributed by atoms with Crippen molar-refractivity contribution < 1.29 is 8.42 Å². The molecule has 1 aromatic heterocycles. The number of sulfonamides is 1. The Hall–Kier alpha value is -1.68. The predicted octanol–water partition coefficient (Wildman–Crippen LogP) is 1.34. The van der Waals surface area contributed by atoms with Gasteiger partial charge in [0.05, 0.1) is 11.3 Å². The van der Waals surface area contributed by atoms with Crippen molar-refractivity contribution in [2.24, 2.45) is 0 Å². The van der Waals surface area contributed by atoms with Crippen LogP contribution < -0.4 is 10.2 Å². The zero-order valence-corrected chi connectivity index (χ0v) is 17.4. The Morgan fingerprint density at radius 1 is 1.19 bits per heavy atom. The molecule has 148 valence electrons. The number of hydrogen-bond acceptors (Lipinski definition) is 7. The van der Waals surface area contributed by atoms with E-state index in [1.807, 2.05) is 6.07 Å². The van der Waals surface area contributed by atoms with Crippen LogP contribution in [0.25, 0.3) is 10.9 Å². The molecule has 0 aliphatic carbocycles. The zero-order chi connectivity index (χ0) is 19.6. The fourth-order valence-corrected chi connectivity index (χ4v) is 3.75. The maximum absolute atomic E-state index is 12.0. The fraction of sp³-hybridized carbons (Fsp3) is 0.529. The molecule has 2 heterocycles. The monoisotopic (exact) mass is 412 g/mol. The summed E-state index contributed by atoms with van der Waals surface area (Å²) in [6.07, 6.45) is 0. The van der Waals surface area contributed by atoms with Crippen LogP contribution in [-0.4, -0.2) is 87.2 Å². The Kier molecular flexibility index (Phi) is 6.05.